The van der Waals surface area contributed by atoms with Crippen molar-refractivity contribution in [3.63, 3.8) is 0 Å². The number of piperidine rings is 1. The molecule has 2 aliphatic heterocycles. The maximum atomic E-state index is 13.0. The minimum absolute atomic E-state index is 0.0531. The number of likely N-dealkylation sites (tertiary alicyclic amines) is 1. The van der Waals surface area contributed by atoms with Crippen molar-refractivity contribution in [1.29, 1.82) is 0 Å². The highest BCUT2D eigenvalue weighted by atomic mass is 16.5. The number of hydrogen-bond acceptors (Lipinski definition) is 4. The van der Waals surface area contributed by atoms with Gasteiger partial charge in [0.15, 0.2) is 0 Å². The number of carbonyl (C=O) groups excluding carboxylic acids is 1. The van der Waals surface area contributed by atoms with Gasteiger partial charge in [-0.05, 0) is 69.0 Å². The van der Waals surface area contributed by atoms with Gasteiger partial charge in [-0.15, -0.1) is 0 Å². The van der Waals surface area contributed by atoms with Crippen LogP contribution in [-0.4, -0.2) is 36.6 Å². The number of nitrogens with one attached hydrogen (secondary N) is 1. The van der Waals surface area contributed by atoms with Gasteiger partial charge in [0.1, 0.15) is 17.1 Å². The Morgan fingerprint density at radius 1 is 1.23 bits per heavy atom. The highest BCUT2D eigenvalue weighted by Crippen LogP contribution is 2.41. The van der Waals surface area contributed by atoms with E-state index in [1.807, 2.05) is 44.2 Å². The number of hydrogen-bond donors (Lipinski definition) is 1. The van der Waals surface area contributed by atoms with Crippen LogP contribution >= 0.6 is 0 Å². The second-order valence-corrected chi connectivity index (χ2v) is 9.68. The summed E-state index contributed by atoms with van der Waals surface area (Å²) in [5.41, 5.74) is 2.57. The van der Waals surface area contributed by atoms with Crippen molar-refractivity contribution in [3.8, 4) is 11.5 Å². The molecule has 0 spiro atoms. The number of rotatable bonds is 5. The molecule has 1 N–H and O–H groups in total. The highest BCUT2D eigenvalue weighted by molar-refractivity contribution is 5.94. The molecule has 1 amide bonds. The third kappa shape index (κ3) is 5.21. The SMILES string of the molecule is COc1ccc2c(c1)OC(C)(C)C[C@H]2NC(=O)c1ccc(CN2CCC[C@H](C)C2)cc1. The van der Waals surface area contributed by atoms with Gasteiger partial charge in [-0.1, -0.05) is 19.1 Å². The molecule has 2 atom stereocenters. The average Bonchev–Trinajstić information content (AvgIpc) is 2.73. The fraction of sp³-hybridized carbons (Fsp3) is 0.500. The minimum Gasteiger partial charge on any atom is -0.497 e. The maximum absolute atomic E-state index is 13.0. The Bertz CT molecular complexity index is 923. The van der Waals surface area contributed by atoms with Crippen LogP contribution in [0.5, 0.6) is 11.5 Å². The van der Waals surface area contributed by atoms with E-state index in [4.69, 9.17) is 9.47 Å². The first kappa shape index (κ1) is 21.7. The molecule has 2 aromatic carbocycles. The van der Waals surface area contributed by atoms with E-state index in [1.54, 1.807) is 7.11 Å². The van der Waals surface area contributed by atoms with Crippen molar-refractivity contribution in [2.24, 2.45) is 5.92 Å². The monoisotopic (exact) mass is 422 g/mol. The lowest BCUT2D eigenvalue weighted by Gasteiger charge is -2.38. The lowest BCUT2D eigenvalue weighted by molar-refractivity contribution is 0.0617. The standard InChI is InChI=1S/C26H34N2O3/c1-18-6-5-13-28(16-18)17-19-7-9-20(10-8-19)25(29)27-23-15-26(2,3)31-24-14-21(30-4)11-12-22(23)24/h7-12,14,18,23H,5-6,13,15-17H2,1-4H3,(H,27,29)/t18-,23+/m0/s1. The summed E-state index contributed by atoms with van der Waals surface area (Å²) < 4.78 is 11.5. The third-order valence-electron chi connectivity index (χ3n) is 6.35. The van der Waals surface area contributed by atoms with Gasteiger partial charge in [0, 0.05) is 36.7 Å². The molecule has 2 heterocycles. The molecule has 0 aliphatic carbocycles. The zero-order valence-corrected chi connectivity index (χ0v) is 19.1. The fourth-order valence-electron chi connectivity index (χ4n) is 4.78. The topological polar surface area (TPSA) is 50.8 Å². The zero-order chi connectivity index (χ0) is 22.0. The van der Waals surface area contributed by atoms with Gasteiger partial charge in [-0.25, -0.2) is 0 Å². The molecule has 0 unspecified atom stereocenters. The lowest BCUT2D eigenvalue weighted by atomic mass is 9.89. The van der Waals surface area contributed by atoms with Crippen molar-refractivity contribution in [2.45, 2.75) is 58.2 Å². The summed E-state index contributed by atoms with van der Waals surface area (Å²) in [6, 6.07) is 13.7. The van der Waals surface area contributed by atoms with E-state index >= 15 is 0 Å². The zero-order valence-electron chi connectivity index (χ0n) is 19.1. The van der Waals surface area contributed by atoms with Crippen LogP contribution < -0.4 is 14.8 Å². The summed E-state index contributed by atoms with van der Waals surface area (Å²) in [4.78, 5) is 15.5. The van der Waals surface area contributed by atoms with Crippen molar-refractivity contribution in [1.82, 2.24) is 10.2 Å². The Hall–Kier alpha value is -2.53. The van der Waals surface area contributed by atoms with Gasteiger partial charge < -0.3 is 14.8 Å². The van der Waals surface area contributed by atoms with Gasteiger partial charge in [0.2, 0.25) is 0 Å². The van der Waals surface area contributed by atoms with Crippen LogP contribution in [0.1, 0.15) is 67.6 Å². The van der Waals surface area contributed by atoms with E-state index in [1.165, 1.54) is 18.4 Å². The fourth-order valence-corrected chi connectivity index (χ4v) is 4.78. The average molecular weight is 423 g/mol. The van der Waals surface area contributed by atoms with Crippen LogP contribution in [0.2, 0.25) is 0 Å². The van der Waals surface area contributed by atoms with Gasteiger partial charge in [-0.2, -0.15) is 0 Å². The summed E-state index contributed by atoms with van der Waals surface area (Å²) in [6.45, 7) is 9.69. The van der Waals surface area contributed by atoms with Crippen LogP contribution in [0.4, 0.5) is 0 Å². The number of ether oxygens (including phenoxy) is 2. The molecule has 2 aromatic rings. The number of methoxy groups -OCH3 is 1. The van der Waals surface area contributed by atoms with Crippen molar-refractivity contribution in [3.05, 3.63) is 59.2 Å². The van der Waals surface area contributed by atoms with E-state index in [2.05, 4.69) is 29.3 Å². The van der Waals surface area contributed by atoms with Crippen LogP contribution in [-0.2, 0) is 6.54 Å². The Kier molecular flexibility index (Phi) is 6.24. The van der Waals surface area contributed by atoms with Crippen LogP contribution in [0, 0.1) is 5.92 Å². The predicted molar refractivity (Wildman–Crippen MR) is 123 cm³/mol. The Morgan fingerprint density at radius 2 is 2.00 bits per heavy atom. The smallest absolute Gasteiger partial charge is 0.251 e. The summed E-state index contributed by atoms with van der Waals surface area (Å²) in [5, 5.41) is 3.22. The number of benzene rings is 2. The number of nitrogens with zero attached hydrogens (tertiary/aromatic N) is 1. The maximum Gasteiger partial charge on any atom is 0.251 e. The first-order chi connectivity index (χ1) is 14.8. The highest BCUT2D eigenvalue weighted by Gasteiger charge is 2.35. The first-order valence-corrected chi connectivity index (χ1v) is 11.3. The van der Waals surface area contributed by atoms with E-state index < -0.39 is 0 Å². The normalized spacial score (nSPS) is 22.8. The number of fused-ring (bicyclic) bond motifs is 1. The second kappa shape index (κ2) is 8.91. The van der Waals surface area contributed by atoms with Crippen molar-refractivity contribution in [2.75, 3.05) is 20.2 Å². The van der Waals surface area contributed by atoms with E-state index in [0.717, 1.165) is 42.6 Å². The first-order valence-electron chi connectivity index (χ1n) is 11.3. The quantitative estimate of drug-likeness (QED) is 0.740. The molecule has 1 saturated heterocycles. The van der Waals surface area contributed by atoms with Gasteiger partial charge in [0.05, 0.1) is 13.2 Å². The molecular weight excluding hydrogens is 388 g/mol. The molecule has 1 fully saturated rings. The van der Waals surface area contributed by atoms with E-state index in [9.17, 15) is 4.79 Å². The Labute approximate surface area is 185 Å². The van der Waals surface area contributed by atoms with Crippen molar-refractivity contribution >= 4 is 5.91 Å². The van der Waals surface area contributed by atoms with Gasteiger partial charge >= 0.3 is 0 Å². The Balaban J connectivity index is 1.44. The molecule has 0 aromatic heterocycles. The molecule has 2 aliphatic rings. The molecule has 166 valence electrons. The summed E-state index contributed by atoms with van der Waals surface area (Å²) in [5.74, 6) is 2.24. The number of amides is 1. The van der Waals surface area contributed by atoms with Crippen molar-refractivity contribution < 1.29 is 14.3 Å². The molecule has 0 radical (unpaired) electrons. The summed E-state index contributed by atoms with van der Waals surface area (Å²) in [7, 11) is 1.64. The summed E-state index contributed by atoms with van der Waals surface area (Å²) >= 11 is 0. The van der Waals surface area contributed by atoms with Crippen LogP contribution in [0.15, 0.2) is 42.5 Å². The van der Waals surface area contributed by atoms with Crippen LogP contribution in [0.3, 0.4) is 0 Å². The van der Waals surface area contributed by atoms with E-state index in [-0.39, 0.29) is 17.6 Å². The van der Waals surface area contributed by atoms with Crippen LogP contribution in [0.25, 0.3) is 0 Å². The molecule has 31 heavy (non-hydrogen) atoms. The molecule has 5 heteroatoms. The number of carbonyl (C=O) groups is 1. The lowest BCUT2D eigenvalue weighted by Crippen LogP contribution is -2.41. The summed E-state index contributed by atoms with van der Waals surface area (Å²) in [6.07, 6.45) is 3.31. The molecule has 4 rings (SSSR count). The third-order valence-corrected chi connectivity index (χ3v) is 6.35. The molecular formula is C26H34N2O3. The minimum atomic E-state index is -0.368. The predicted octanol–water partition coefficient (Wildman–Crippen LogP) is 4.96. The Morgan fingerprint density at radius 3 is 2.71 bits per heavy atom. The van der Waals surface area contributed by atoms with Gasteiger partial charge in [-0.3, -0.25) is 9.69 Å². The molecule has 0 saturated carbocycles. The molecule has 5 nitrogen and oxygen atoms in total. The second-order valence-electron chi connectivity index (χ2n) is 9.68. The molecule has 0 bridgehead atoms. The van der Waals surface area contributed by atoms with E-state index in [0.29, 0.717) is 12.0 Å². The largest absolute Gasteiger partial charge is 0.497 e. The van der Waals surface area contributed by atoms with Gasteiger partial charge in [0.25, 0.3) is 5.91 Å².